The number of rotatable bonds is 2. The quantitative estimate of drug-likeness (QED) is 0.836. The molecular formula is C16H19N3. The number of terminal acetylenes is 1. The van der Waals surface area contributed by atoms with Crippen LogP contribution in [0.5, 0.6) is 0 Å². The highest BCUT2D eigenvalue weighted by atomic mass is 15.1. The van der Waals surface area contributed by atoms with Gasteiger partial charge in [0.2, 0.25) is 0 Å². The highest BCUT2D eigenvalue weighted by molar-refractivity contribution is 5.71. The summed E-state index contributed by atoms with van der Waals surface area (Å²) in [6, 6.07) is 9.94. The summed E-state index contributed by atoms with van der Waals surface area (Å²) in [4.78, 5) is 4.71. The van der Waals surface area contributed by atoms with E-state index in [0.717, 1.165) is 17.1 Å². The normalized spacial score (nSPS) is 11.3. The van der Waals surface area contributed by atoms with E-state index in [1.54, 1.807) is 0 Å². The van der Waals surface area contributed by atoms with Gasteiger partial charge in [0, 0.05) is 11.0 Å². The van der Waals surface area contributed by atoms with Gasteiger partial charge in [0.05, 0.1) is 6.54 Å². The minimum Gasteiger partial charge on any atom is -0.383 e. The van der Waals surface area contributed by atoms with Crippen LogP contribution in [0.1, 0.15) is 26.6 Å². The monoisotopic (exact) mass is 253 g/mol. The summed E-state index contributed by atoms with van der Waals surface area (Å²) >= 11 is 0. The van der Waals surface area contributed by atoms with Crippen molar-refractivity contribution in [3.8, 4) is 23.6 Å². The number of benzene rings is 1. The maximum atomic E-state index is 6.22. The fraction of sp³-hybridized carbons (Fsp3) is 0.312. The molecule has 2 N–H and O–H groups in total. The number of anilines is 1. The predicted molar refractivity (Wildman–Crippen MR) is 79.6 cm³/mol. The predicted octanol–water partition coefficient (Wildman–Crippen LogP) is 3.06. The van der Waals surface area contributed by atoms with Crippen molar-refractivity contribution in [1.82, 2.24) is 9.55 Å². The summed E-state index contributed by atoms with van der Waals surface area (Å²) in [7, 11) is 0. The Labute approximate surface area is 114 Å². The molecular weight excluding hydrogens is 234 g/mol. The lowest BCUT2D eigenvalue weighted by Crippen LogP contribution is -2.19. The van der Waals surface area contributed by atoms with Crippen LogP contribution in [0.4, 0.5) is 5.82 Å². The summed E-state index contributed by atoms with van der Waals surface area (Å²) in [6.07, 6.45) is 5.44. The van der Waals surface area contributed by atoms with Gasteiger partial charge in [0.1, 0.15) is 17.3 Å². The van der Waals surface area contributed by atoms with Crippen molar-refractivity contribution in [2.45, 2.75) is 32.7 Å². The molecule has 3 nitrogen and oxygen atoms in total. The van der Waals surface area contributed by atoms with Crippen LogP contribution in [0.25, 0.3) is 11.3 Å². The smallest absolute Gasteiger partial charge is 0.132 e. The second kappa shape index (κ2) is 4.81. The van der Waals surface area contributed by atoms with Crippen molar-refractivity contribution in [2.75, 3.05) is 5.73 Å². The zero-order valence-electron chi connectivity index (χ0n) is 11.6. The maximum absolute atomic E-state index is 6.22. The van der Waals surface area contributed by atoms with E-state index in [1.165, 1.54) is 0 Å². The van der Waals surface area contributed by atoms with Gasteiger partial charge in [-0.1, -0.05) is 57.0 Å². The van der Waals surface area contributed by atoms with Gasteiger partial charge in [-0.25, -0.2) is 4.98 Å². The number of imidazole rings is 1. The first-order valence-electron chi connectivity index (χ1n) is 6.30. The molecule has 0 aliphatic rings. The topological polar surface area (TPSA) is 43.8 Å². The van der Waals surface area contributed by atoms with Crippen LogP contribution in [-0.2, 0) is 12.0 Å². The van der Waals surface area contributed by atoms with Crippen LogP contribution < -0.4 is 5.73 Å². The number of nitrogens with two attached hydrogens (primary N) is 1. The van der Waals surface area contributed by atoms with E-state index in [-0.39, 0.29) is 5.41 Å². The largest absolute Gasteiger partial charge is 0.383 e. The number of nitrogen functional groups attached to an aromatic ring is 1. The van der Waals surface area contributed by atoms with Crippen molar-refractivity contribution in [1.29, 1.82) is 0 Å². The molecule has 2 rings (SSSR count). The second-order valence-electron chi connectivity index (χ2n) is 5.58. The third-order valence-corrected chi connectivity index (χ3v) is 2.97. The Balaban J connectivity index is 2.63. The Kier molecular flexibility index (Phi) is 3.35. The standard InChI is InChI=1S/C16H19N3/c1-5-11-19-14(17)13(12-9-7-6-8-10-12)18-15(19)16(2,3)4/h1,6-10H,11,17H2,2-4H3. The average Bonchev–Trinajstić information content (AvgIpc) is 2.69. The molecule has 3 heteroatoms. The SMILES string of the molecule is C#CCn1c(C(C)(C)C)nc(-c2ccccc2)c1N. The Bertz CT molecular complexity index is 610. The molecule has 0 aliphatic heterocycles. The first kappa shape index (κ1) is 13.2. The van der Waals surface area contributed by atoms with Crippen molar-refractivity contribution in [3.63, 3.8) is 0 Å². The molecule has 0 radical (unpaired) electrons. The molecule has 98 valence electrons. The van der Waals surface area contributed by atoms with Gasteiger partial charge >= 0.3 is 0 Å². The molecule has 0 saturated carbocycles. The van der Waals surface area contributed by atoms with Crippen molar-refractivity contribution < 1.29 is 0 Å². The van der Waals surface area contributed by atoms with Gasteiger partial charge in [-0.3, -0.25) is 0 Å². The average molecular weight is 253 g/mol. The number of hydrogen-bond acceptors (Lipinski definition) is 2. The zero-order valence-corrected chi connectivity index (χ0v) is 11.6. The number of nitrogens with zero attached hydrogens (tertiary/aromatic N) is 2. The molecule has 0 unspecified atom stereocenters. The molecule has 0 saturated heterocycles. The van der Waals surface area contributed by atoms with E-state index in [0.29, 0.717) is 12.4 Å². The molecule has 1 heterocycles. The summed E-state index contributed by atoms with van der Waals surface area (Å²) in [6.45, 7) is 6.77. The molecule has 0 bridgehead atoms. The van der Waals surface area contributed by atoms with Gasteiger partial charge in [-0.15, -0.1) is 6.42 Å². The summed E-state index contributed by atoms with van der Waals surface area (Å²) in [5.74, 6) is 4.20. The summed E-state index contributed by atoms with van der Waals surface area (Å²) < 4.78 is 1.92. The van der Waals surface area contributed by atoms with Crippen molar-refractivity contribution in [2.24, 2.45) is 0 Å². The Morgan fingerprint density at radius 2 is 1.89 bits per heavy atom. The second-order valence-corrected chi connectivity index (χ2v) is 5.58. The fourth-order valence-corrected chi connectivity index (χ4v) is 2.10. The lowest BCUT2D eigenvalue weighted by atomic mass is 9.95. The van der Waals surface area contributed by atoms with Crippen LogP contribution in [-0.4, -0.2) is 9.55 Å². The zero-order chi connectivity index (χ0) is 14.0. The molecule has 0 atom stereocenters. The molecule has 1 aromatic carbocycles. The van der Waals surface area contributed by atoms with Crippen LogP contribution in [0.3, 0.4) is 0 Å². The summed E-state index contributed by atoms with van der Waals surface area (Å²) in [5.41, 5.74) is 7.95. The first-order valence-corrected chi connectivity index (χ1v) is 6.30. The fourth-order valence-electron chi connectivity index (χ4n) is 2.10. The van der Waals surface area contributed by atoms with Crippen LogP contribution in [0.2, 0.25) is 0 Å². The van der Waals surface area contributed by atoms with Gasteiger partial charge in [-0.05, 0) is 0 Å². The van der Waals surface area contributed by atoms with E-state index in [1.807, 2.05) is 34.9 Å². The van der Waals surface area contributed by atoms with Crippen LogP contribution in [0.15, 0.2) is 30.3 Å². The lowest BCUT2D eigenvalue weighted by molar-refractivity contribution is 0.517. The molecule has 0 spiro atoms. The molecule has 2 aromatic rings. The van der Waals surface area contributed by atoms with E-state index in [9.17, 15) is 0 Å². The number of aromatic nitrogens is 2. The molecule has 0 aliphatic carbocycles. The number of hydrogen-bond donors (Lipinski definition) is 1. The first-order chi connectivity index (χ1) is 8.95. The van der Waals surface area contributed by atoms with Crippen LogP contribution in [0, 0.1) is 12.3 Å². The highest BCUT2D eigenvalue weighted by Gasteiger charge is 2.24. The van der Waals surface area contributed by atoms with E-state index in [2.05, 4.69) is 26.7 Å². The van der Waals surface area contributed by atoms with Gasteiger partial charge in [0.25, 0.3) is 0 Å². The molecule has 0 fully saturated rings. The van der Waals surface area contributed by atoms with E-state index in [4.69, 9.17) is 17.1 Å². The van der Waals surface area contributed by atoms with Crippen LogP contribution >= 0.6 is 0 Å². The summed E-state index contributed by atoms with van der Waals surface area (Å²) in [5, 5.41) is 0. The third-order valence-electron chi connectivity index (χ3n) is 2.97. The highest BCUT2D eigenvalue weighted by Crippen LogP contribution is 2.31. The van der Waals surface area contributed by atoms with Gasteiger partial charge < -0.3 is 10.3 Å². The minimum atomic E-state index is -0.0992. The van der Waals surface area contributed by atoms with E-state index < -0.39 is 0 Å². The molecule has 19 heavy (non-hydrogen) atoms. The third kappa shape index (κ3) is 2.48. The molecule has 1 aromatic heterocycles. The molecule has 0 amide bonds. The Morgan fingerprint density at radius 1 is 1.26 bits per heavy atom. The lowest BCUT2D eigenvalue weighted by Gasteiger charge is -2.18. The van der Waals surface area contributed by atoms with Gasteiger partial charge in [-0.2, -0.15) is 0 Å². The van der Waals surface area contributed by atoms with Crippen molar-refractivity contribution in [3.05, 3.63) is 36.2 Å². The Morgan fingerprint density at radius 3 is 2.42 bits per heavy atom. The maximum Gasteiger partial charge on any atom is 0.132 e. The van der Waals surface area contributed by atoms with Crippen molar-refractivity contribution >= 4 is 5.82 Å². The minimum absolute atomic E-state index is 0.0992. The van der Waals surface area contributed by atoms with Gasteiger partial charge in [0.15, 0.2) is 0 Å². The Hall–Kier alpha value is -2.21. The van der Waals surface area contributed by atoms with E-state index >= 15 is 0 Å².